The van der Waals surface area contributed by atoms with E-state index in [0.29, 0.717) is 10.6 Å². The molecule has 0 heterocycles. The van der Waals surface area contributed by atoms with Crippen LogP contribution in [0.15, 0.2) is 18.2 Å². The van der Waals surface area contributed by atoms with Crippen molar-refractivity contribution >= 4 is 11.6 Å². The Morgan fingerprint density at radius 2 is 2.31 bits per heavy atom. The summed E-state index contributed by atoms with van der Waals surface area (Å²) in [7, 11) is 0. The maximum Gasteiger partial charge on any atom is 0.101 e. The fraction of sp³-hybridized carbons (Fsp3) is 0.300. The topological polar surface area (TPSA) is 49.8 Å². The second kappa shape index (κ2) is 4.27. The molecule has 13 heavy (non-hydrogen) atoms. The van der Waals surface area contributed by atoms with Crippen LogP contribution in [0.4, 0.5) is 0 Å². The third-order valence-electron chi connectivity index (χ3n) is 1.98. The second-order valence-corrected chi connectivity index (χ2v) is 3.27. The summed E-state index contributed by atoms with van der Waals surface area (Å²) in [5, 5.41) is 9.12. The smallest absolute Gasteiger partial charge is 0.101 e. The van der Waals surface area contributed by atoms with Gasteiger partial charge in [-0.1, -0.05) is 24.6 Å². The summed E-state index contributed by atoms with van der Waals surface area (Å²) in [6.07, 6.45) is 0.863. The van der Waals surface area contributed by atoms with Crippen LogP contribution in [0.2, 0.25) is 5.02 Å². The highest BCUT2D eigenvalue weighted by molar-refractivity contribution is 6.31. The Morgan fingerprint density at radius 3 is 2.77 bits per heavy atom. The minimum Gasteiger partial charge on any atom is -0.324 e. The van der Waals surface area contributed by atoms with Crippen LogP contribution < -0.4 is 5.73 Å². The molecule has 0 unspecified atom stereocenters. The Balaban J connectivity index is 3.04. The van der Waals surface area contributed by atoms with Crippen molar-refractivity contribution in [3.05, 3.63) is 34.3 Å². The molecular formula is C10H11ClN2. The fourth-order valence-corrected chi connectivity index (χ4v) is 1.32. The molecule has 1 aromatic rings. The van der Waals surface area contributed by atoms with E-state index in [1.807, 2.05) is 19.1 Å². The zero-order valence-electron chi connectivity index (χ0n) is 7.42. The van der Waals surface area contributed by atoms with Gasteiger partial charge in [-0.05, 0) is 24.1 Å². The normalized spacial score (nSPS) is 12.2. The van der Waals surface area contributed by atoms with Gasteiger partial charge in [-0.25, -0.2) is 0 Å². The van der Waals surface area contributed by atoms with Crippen molar-refractivity contribution in [2.75, 3.05) is 0 Å². The molecule has 0 aliphatic rings. The van der Waals surface area contributed by atoms with E-state index >= 15 is 0 Å². The van der Waals surface area contributed by atoms with Crippen molar-refractivity contribution in [3.8, 4) is 6.07 Å². The van der Waals surface area contributed by atoms with Crippen LogP contribution in [0.3, 0.4) is 0 Å². The summed E-state index contributed by atoms with van der Waals surface area (Å²) in [5.41, 5.74) is 7.29. The highest BCUT2D eigenvalue weighted by Crippen LogP contribution is 2.21. The number of hydrogen-bond acceptors (Lipinski definition) is 2. The Labute approximate surface area is 82.9 Å². The minimum atomic E-state index is 0.00485. The molecule has 0 aromatic heterocycles. The fourth-order valence-electron chi connectivity index (χ4n) is 1.09. The zero-order valence-corrected chi connectivity index (χ0v) is 8.17. The van der Waals surface area contributed by atoms with Gasteiger partial charge in [0.25, 0.3) is 0 Å². The summed E-state index contributed by atoms with van der Waals surface area (Å²) in [6.45, 7) is 2.01. The molecule has 1 aromatic carbocycles. The van der Waals surface area contributed by atoms with Gasteiger partial charge >= 0.3 is 0 Å². The van der Waals surface area contributed by atoms with Crippen molar-refractivity contribution in [2.45, 2.75) is 19.4 Å². The summed E-state index contributed by atoms with van der Waals surface area (Å²) in [5.74, 6) is 0. The summed E-state index contributed by atoms with van der Waals surface area (Å²) in [4.78, 5) is 0. The molecule has 0 saturated heterocycles. The first-order valence-corrected chi connectivity index (χ1v) is 4.52. The Hall–Kier alpha value is -1.04. The Bertz CT molecular complexity index is 341. The number of halogens is 1. The van der Waals surface area contributed by atoms with Gasteiger partial charge in [0, 0.05) is 6.04 Å². The third kappa shape index (κ3) is 2.21. The lowest BCUT2D eigenvalue weighted by Gasteiger charge is -2.09. The molecule has 1 atom stereocenters. The number of benzene rings is 1. The lowest BCUT2D eigenvalue weighted by molar-refractivity contribution is 0.699. The molecule has 0 radical (unpaired) electrons. The highest BCUT2D eigenvalue weighted by Gasteiger charge is 2.05. The second-order valence-electron chi connectivity index (χ2n) is 2.87. The Kier molecular flexibility index (Phi) is 3.30. The molecule has 0 amide bonds. The van der Waals surface area contributed by atoms with Crippen LogP contribution >= 0.6 is 11.6 Å². The van der Waals surface area contributed by atoms with Crippen molar-refractivity contribution in [1.29, 1.82) is 5.26 Å². The molecule has 2 nitrogen and oxygen atoms in total. The number of rotatable bonds is 2. The van der Waals surface area contributed by atoms with Gasteiger partial charge < -0.3 is 5.73 Å². The number of nitriles is 1. The first-order valence-electron chi connectivity index (χ1n) is 4.14. The van der Waals surface area contributed by atoms with Crippen molar-refractivity contribution in [2.24, 2.45) is 5.73 Å². The van der Waals surface area contributed by atoms with Gasteiger partial charge in [0.05, 0.1) is 10.6 Å². The van der Waals surface area contributed by atoms with Crippen LogP contribution in [-0.2, 0) is 0 Å². The van der Waals surface area contributed by atoms with Crippen LogP contribution in [0.25, 0.3) is 0 Å². The van der Waals surface area contributed by atoms with Crippen molar-refractivity contribution in [1.82, 2.24) is 0 Å². The van der Waals surface area contributed by atoms with Crippen molar-refractivity contribution < 1.29 is 0 Å². The molecule has 0 aliphatic heterocycles. The summed E-state index contributed by atoms with van der Waals surface area (Å²) < 4.78 is 0. The number of nitrogens with two attached hydrogens (primary N) is 1. The van der Waals surface area contributed by atoms with Gasteiger partial charge in [0.15, 0.2) is 0 Å². The molecule has 3 heteroatoms. The zero-order chi connectivity index (χ0) is 9.84. The number of nitrogens with zero attached hydrogens (tertiary/aromatic N) is 1. The van der Waals surface area contributed by atoms with E-state index in [-0.39, 0.29) is 6.04 Å². The predicted octanol–water partition coefficient (Wildman–Crippen LogP) is 2.62. The summed E-state index contributed by atoms with van der Waals surface area (Å²) in [6, 6.07) is 7.32. The van der Waals surface area contributed by atoms with Crippen LogP contribution in [0.1, 0.15) is 30.5 Å². The first-order chi connectivity index (χ1) is 6.19. The Morgan fingerprint density at radius 1 is 1.62 bits per heavy atom. The van der Waals surface area contributed by atoms with E-state index in [1.165, 1.54) is 0 Å². The van der Waals surface area contributed by atoms with Gasteiger partial charge in [0.1, 0.15) is 6.07 Å². The average molecular weight is 195 g/mol. The monoisotopic (exact) mass is 194 g/mol. The maximum atomic E-state index is 8.64. The maximum absolute atomic E-state index is 8.64. The largest absolute Gasteiger partial charge is 0.324 e. The van der Waals surface area contributed by atoms with Crippen LogP contribution in [-0.4, -0.2) is 0 Å². The van der Waals surface area contributed by atoms with Crippen LogP contribution in [0, 0.1) is 11.3 Å². The minimum absolute atomic E-state index is 0.00485. The average Bonchev–Trinajstić information content (AvgIpc) is 2.16. The predicted molar refractivity (Wildman–Crippen MR) is 53.4 cm³/mol. The lowest BCUT2D eigenvalue weighted by Crippen LogP contribution is -2.08. The number of hydrogen-bond donors (Lipinski definition) is 1. The van der Waals surface area contributed by atoms with Gasteiger partial charge in [0.2, 0.25) is 0 Å². The van der Waals surface area contributed by atoms with Gasteiger partial charge in [-0.2, -0.15) is 5.26 Å². The standard InChI is InChI=1S/C10H11ClN2/c1-2-10(13)7-3-4-8(6-12)9(11)5-7/h3-5,10H,2,13H2,1H3/t10-/m0/s1. The van der Waals surface area contributed by atoms with Gasteiger partial charge in [-0.3, -0.25) is 0 Å². The van der Waals surface area contributed by atoms with E-state index in [1.54, 1.807) is 12.1 Å². The molecule has 68 valence electrons. The van der Waals surface area contributed by atoms with E-state index in [2.05, 4.69) is 0 Å². The molecule has 0 bridgehead atoms. The van der Waals surface area contributed by atoms with E-state index in [9.17, 15) is 0 Å². The molecule has 1 rings (SSSR count). The SMILES string of the molecule is CC[C@H](N)c1ccc(C#N)c(Cl)c1. The van der Waals surface area contributed by atoms with Crippen molar-refractivity contribution in [3.63, 3.8) is 0 Å². The van der Waals surface area contributed by atoms with Crippen LogP contribution in [0.5, 0.6) is 0 Å². The third-order valence-corrected chi connectivity index (χ3v) is 2.29. The molecule has 0 spiro atoms. The molecule has 2 N–H and O–H groups in total. The molecule has 0 saturated carbocycles. The summed E-state index contributed by atoms with van der Waals surface area (Å²) >= 11 is 5.85. The lowest BCUT2D eigenvalue weighted by atomic mass is 10.0. The first kappa shape index (κ1) is 10.0. The van der Waals surface area contributed by atoms with Gasteiger partial charge in [-0.15, -0.1) is 0 Å². The van der Waals surface area contributed by atoms with E-state index < -0.39 is 0 Å². The van der Waals surface area contributed by atoms with E-state index in [0.717, 1.165) is 12.0 Å². The highest BCUT2D eigenvalue weighted by atomic mass is 35.5. The van der Waals surface area contributed by atoms with E-state index in [4.69, 9.17) is 22.6 Å². The molecular weight excluding hydrogens is 184 g/mol. The quantitative estimate of drug-likeness (QED) is 0.787. The molecule has 0 aliphatic carbocycles. The molecule has 0 fully saturated rings.